The van der Waals surface area contributed by atoms with Crippen molar-refractivity contribution in [1.82, 2.24) is 4.31 Å². The van der Waals surface area contributed by atoms with Crippen LogP contribution in [0.25, 0.3) is 0 Å². The Morgan fingerprint density at radius 1 is 1.40 bits per heavy atom. The zero-order valence-electron chi connectivity index (χ0n) is 11.2. The first-order chi connectivity index (χ1) is 9.28. The maximum Gasteiger partial charge on any atom is 0.243 e. The van der Waals surface area contributed by atoms with Crippen LogP contribution < -0.4 is 11.5 Å². The van der Waals surface area contributed by atoms with E-state index in [1.165, 1.54) is 12.1 Å². The number of nitrogen functional groups attached to an aromatic ring is 1. The predicted molar refractivity (Wildman–Crippen MR) is 73.7 cm³/mol. The number of nitrogens with zero attached hydrogens (tertiary/aromatic N) is 1. The molecule has 20 heavy (non-hydrogen) atoms. The molecule has 0 fully saturated rings. The molecule has 0 bridgehead atoms. The van der Waals surface area contributed by atoms with E-state index in [0.29, 0.717) is 6.42 Å². The van der Waals surface area contributed by atoms with Crippen LogP contribution in [0.2, 0.25) is 0 Å². The van der Waals surface area contributed by atoms with Gasteiger partial charge in [0.25, 0.3) is 0 Å². The van der Waals surface area contributed by atoms with E-state index in [2.05, 4.69) is 0 Å². The quantitative estimate of drug-likeness (QED) is 0.722. The van der Waals surface area contributed by atoms with Crippen molar-refractivity contribution in [3.05, 3.63) is 24.0 Å². The third-order valence-corrected chi connectivity index (χ3v) is 4.54. The first kappa shape index (κ1) is 16.4. The topological polar surface area (TPSA) is 106 Å². The Labute approximate surface area is 117 Å². The van der Waals surface area contributed by atoms with Gasteiger partial charge in [0.05, 0.1) is 17.1 Å². The molecule has 0 radical (unpaired) electrons. The lowest BCUT2D eigenvalue weighted by molar-refractivity contribution is -0.118. The van der Waals surface area contributed by atoms with Crippen molar-refractivity contribution < 1.29 is 17.6 Å². The smallest absolute Gasteiger partial charge is 0.243 e. The highest BCUT2D eigenvalue weighted by Gasteiger charge is 2.26. The highest BCUT2D eigenvalue weighted by molar-refractivity contribution is 7.89. The van der Waals surface area contributed by atoms with Crippen molar-refractivity contribution in [2.75, 3.05) is 18.8 Å². The molecule has 0 aliphatic carbocycles. The number of benzene rings is 1. The van der Waals surface area contributed by atoms with Gasteiger partial charge in [0.2, 0.25) is 15.9 Å². The van der Waals surface area contributed by atoms with Crippen molar-refractivity contribution in [2.45, 2.75) is 24.7 Å². The largest absolute Gasteiger partial charge is 0.396 e. The lowest BCUT2D eigenvalue weighted by Gasteiger charge is -2.20. The summed E-state index contributed by atoms with van der Waals surface area (Å²) in [5, 5.41) is 0. The maximum atomic E-state index is 13.4. The highest BCUT2D eigenvalue weighted by atomic mass is 32.2. The van der Waals surface area contributed by atoms with E-state index in [-0.39, 0.29) is 17.1 Å². The van der Waals surface area contributed by atoms with E-state index < -0.39 is 28.3 Å². The molecule has 112 valence electrons. The molecular formula is C12H18FN3O3S. The lowest BCUT2D eigenvalue weighted by Crippen LogP contribution is -2.39. The van der Waals surface area contributed by atoms with Gasteiger partial charge in [-0.05, 0) is 24.6 Å². The molecule has 1 rings (SSSR count). The molecule has 0 unspecified atom stereocenters. The van der Waals surface area contributed by atoms with E-state index in [1.807, 2.05) is 6.92 Å². The second kappa shape index (κ2) is 6.67. The van der Waals surface area contributed by atoms with E-state index >= 15 is 0 Å². The fourth-order valence-electron chi connectivity index (χ4n) is 1.61. The number of halogens is 1. The lowest BCUT2D eigenvalue weighted by atomic mass is 10.3. The molecule has 0 atom stereocenters. The summed E-state index contributed by atoms with van der Waals surface area (Å²) in [7, 11) is -3.97. The normalized spacial score (nSPS) is 11.8. The number of sulfonamides is 1. The average Bonchev–Trinajstić information content (AvgIpc) is 2.37. The SMILES string of the molecule is CCCCN(CC(N)=O)S(=O)(=O)c1ccc(N)c(F)c1. The molecule has 1 aromatic rings. The molecule has 1 aromatic carbocycles. The van der Waals surface area contributed by atoms with Crippen LogP contribution >= 0.6 is 0 Å². The van der Waals surface area contributed by atoms with E-state index in [0.717, 1.165) is 16.8 Å². The van der Waals surface area contributed by atoms with Crippen molar-refractivity contribution in [1.29, 1.82) is 0 Å². The third-order valence-electron chi connectivity index (χ3n) is 2.70. The number of rotatable bonds is 7. The van der Waals surface area contributed by atoms with Crippen LogP contribution in [-0.2, 0) is 14.8 Å². The molecule has 8 heteroatoms. The monoisotopic (exact) mass is 303 g/mol. The van der Waals surface area contributed by atoms with E-state index in [4.69, 9.17) is 11.5 Å². The summed E-state index contributed by atoms with van der Waals surface area (Å²) >= 11 is 0. The Hall–Kier alpha value is -1.67. The van der Waals surface area contributed by atoms with Crippen molar-refractivity contribution in [3.63, 3.8) is 0 Å². The number of unbranched alkanes of at least 4 members (excludes halogenated alkanes) is 1. The second-order valence-corrected chi connectivity index (χ2v) is 6.28. The minimum Gasteiger partial charge on any atom is -0.396 e. The van der Waals surface area contributed by atoms with Gasteiger partial charge in [-0.2, -0.15) is 4.31 Å². The van der Waals surface area contributed by atoms with Crippen LogP contribution in [0.3, 0.4) is 0 Å². The van der Waals surface area contributed by atoms with E-state index in [1.54, 1.807) is 0 Å². The molecule has 0 heterocycles. The fraction of sp³-hybridized carbons (Fsp3) is 0.417. The second-order valence-electron chi connectivity index (χ2n) is 4.34. The summed E-state index contributed by atoms with van der Waals surface area (Å²) in [4.78, 5) is 10.7. The number of anilines is 1. The third kappa shape index (κ3) is 3.91. The summed E-state index contributed by atoms with van der Waals surface area (Å²) in [6, 6.07) is 3.21. The number of hydrogen-bond acceptors (Lipinski definition) is 4. The van der Waals surface area contributed by atoms with Crippen LogP contribution in [0.1, 0.15) is 19.8 Å². The maximum absolute atomic E-state index is 13.4. The van der Waals surface area contributed by atoms with Gasteiger partial charge in [0.15, 0.2) is 0 Å². The molecule has 0 saturated carbocycles. The molecule has 0 aliphatic heterocycles. The number of nitrogens with two attached hydrogens (primary N) is 2. The number of hydrogen-bond donors (Lipinski definition) is 2. The molecule has 1 amide bonds. The van der Waals surface area contributed by atoms with Gasteiger partial charge < -0.3 is 11.5 Å². The summed E-state index contributed by atoms with van der Waals surface area (Å²) < 4.78 is 39.0. The minimum atomic E-state index is -3.97. The first-order valence-electron chi connectivity index (χ1n) is 6.12. The highest BCUT2D eigenvalue weighted by Crippen LogP contribution is 2.20. The molecule has 6 nitrogen and oxygen atoms in total. The van der Waals surface area contributed by atoms with Crippen LogP contribution in [0.15, 0.2) is 23.1 Å². The Morgan fingerprint density at radius 3 is 2.55 bits per heavy atom. The summed E-state index contributed by atoms with van der Waals surface area (Å²) in [6.07, 6.45) is 1.32. The standard InChI is InChI=1S/C12H18FN3O3S/c1-2-3-6-16(8-12(15)17)20(18,19)9-4-5-11(14)10(13)7-9/h4-5,7H,2-3,6,8,14H2,1H3,(H2,15,17). The van der Waals surface area contributed by atoms with Gasteiger partial charge in [-0.1, -0.05) is 13.3 Å². The average molecular weight is 303 g/mol. The van der Waals surface area contributed by atoms with Gasteiger partial charge in [-0.15, -0.1) is 0 Å². The van der Waals surface area contributed by atoms with Crippen LogP contribution in [0, 0.1) is 5.82 Å². The van der Waals surface area contributed by atoms with Crippen molar-refractivity contribution >= 4 is 21.6 Å². The Morgan fingerprint density at radius 2 is 2.05 bits per heavy atom. The van der Waals surface area contributed by atoms with Gasteiger partial charge in [-0.25, -0.2) is 12.8 Å². The summed E-state index contributed by atoms with van der Waals surface area (Å²) in [6.45, 7) is 1.60. The predicted octanol–water partition coefficient (Wildman–Crippen LogP) is 0.684. The van der Waals surface area contributed by atoms with Crippen molar-refractivity contribution in [3.8, 4) is 0 Å². The van der Waals surface area contributed by atoms with Crippen LogP contribution in [0.5, 0.6) is 0 Å². The van der Waals surface area contributed by atoms with Gasteiger partial charge in [-0.3, -0.25) is 4.79 Å². The Bertz CT molecular complexity index is 590. The molecular weight excluding hydrogens is 285 g/mol. The molecule has 0 aromatic heterocycles. The van der Waals surface area contributed by atoms with Crippen molar-refractivity contribution in [2.24, 2.45) is 5.73 Å². The number of amides is 1. The fourth-order valence-corrected chi connectivity index (χ4v) is 3.07. The van der Waals surface area contributed by atoms with Gasteiger partial charge >= 0.3 is 0 Å². The zero-order chi connectivity index (χ0) is 15.3. The Kier molecular flexibility index (Phi) is 5.46. The van der Waals surface area contributed by atoms with Crippen LogP contribution in [0.4, 0.5) is 10.1 Å². The summed E-state index contributed by atoms with van der Waals surface area (Å²) in [5.41, 5.74) is 10.2. The Balaban J connectivity index is 3.13. The summed E-state index contributed by atoms with van der Waals surface area (Å²) in [5.74, 6) is -1.58. The van der Waals surface area contributed by atoms with Gasteiger partial charge in [0.1, 0.15) is 5.82 Å². The molecule has 0 spiro atoms. The van der Waals surface area contributed by atoms with Crippen LogP contribution in [-0.4, -0.2) is 31.7 Å². The number of carbonyl (C=O) groups excluding carboxylic acids is 1. The number of primary amides is 1. The minimum absolute atomic E-state index is 0.140. The molecule has 0 aliphatic rings. The van der Waals surface area contributed by atoms with E-state index in [9.17, 15) is 17.6 Å². The van der Waals surface area contributed by atoms with Gasteiger partial charge in [0, 0.05) is 6.54 Å². The number of carbonyl (C=O) groups is 1. The first-order valence-corrected chi connectivity index (χ1v) is 7.56. The molecule has 4 N–H and O–H groups in total. The zero-order valence-corrected chi connectivity index (χ0v) is 12.0. The molecule has 0 saturated heterocycles.